The SMILES string of the molecule is IC1=C(I)C(I)C=C1. The van der Waals surface area contributed by atoms with Crippen LogP contribution in [-0.2, 0) is 0 Å². The van der Waals surface area contributed by atoms with Gasteiger partial charge in [0.1, 0.15) is 0 Å². The molecule has 0 N–H and O–H groups in total. The van der Waals surface area contributed by atoms with Gasteiger partial charge in [-0.2, -0.15) is 0 Å². The molecule has 0 saturated heterocycles. The molecule has 0 fully saturated rings. The Morgan fingerprint density at radius 3 is 2.12 bits per heavy atom. The molecule has 0 radical (unpaired) electrons. The minimum Gasteiger partial charge on any atom is -0.0723 e. The maximum absolute atomic E-state index is 2.42. The Balaban J connectivity index is 2.85. The van der Waals surface area contributed by atoms with Crippen LogP contribution in [0.15, 0.2) is 19.3 Å². The molecular formula is C5H3I3. The zero-order valence-corrected chi connectivity index (χ0v) is 10.3. The average molecular weight is 444 g/mol. The summed E-state index contributed by atoms with van der Waals surface area (Å²) in [6.07, 6.45) is 4.38. The van der Waals surface area contributed by atoms with Crippen LogP contribution in [0.2, 0.25) is 0 Å². The van der Waals surface area contributed by atoms with E-state index in [1.807, 2.05) is 0 Å². The molecule has 0 bridgehead atoms. The number of halogens is 3. The van der Waals surface area contributed by atoms with Crippen LogP contribution in [0.5, 0.6) is 0 Å². The molecule has 1 aliphatic carbocycles. The highest BCUT2D eigenvalue weighted by molar-refractivity contribution is 14.1. The third kappa shape index (κ3) is 1.59. The Bertz CT molecular complexity index is 157. The Labute approximate surface area is 89.6 Å². The zero-order chi connectivity index (χ0) is 6.15. The van der Waals surface area contributed by atoms with Crippen LogP contribution in [0, 0.1) is 0 Å². The van der Waals surface area contributed by atoms with E-state index in [1.54, 1.807) is 0 Å². The summed E-state index contributed by atoms with van der Waals surface area (Å²) in [5.41, 5.74) is 0. The lowest BCUT2D eigenvalue weighted by atomic mass is 10.5. The van der Waals surface area contributed by atoms with E-state index in [0.29, 0.717) is 3.92 Å². The summed E-state index contributed by atoms with van der Waals surface area (Å²) in [6.45, 7) is 0. The maximum atomic E-state index is 2.42. The fraction of sp³-hybridized carbons (Fsp3) is 0.200. The fourth-order valence-electron chi connectivity index (χ4n) is 0.465. The maximum Gasteiger partial charge on any atom is 0.0610 e. The molecule has 0 nitrogen and oxygen atoms in total. The second kappa shape index (κ2) is 3.18. The molecule has 8 heavy (non-hydrogen) atoms. The normalized spacial score (nSPS) is 27.6. The minimum absolute atomic E-state index is 0.639. The number of allylic oxidation sites excluding steroid dienone is 4. The van der Waals surface area contributed by atoms with Gasteiger partial charge in [-0.05, 0) is 45.2 Å². The van der Waals surface area contributed by atoms with Gasteiger partial charge < -0.3 is 0 Å². The van der Waals surface area contributed by atoms with Gasteiger partial charge in [-0.15, -0.1) is 0 Å². The van der Waals surface area contributed by atoms with Gasteiger partial charge in [0, 0.05) is 7.16 Å². The summed E-state index contributed by atoms with van der Waals surface area (Å²) in [7, 11) is 0. The van der Waals surface area contributed by atoms with Crippen LogP contribution in [0.4, 0.5) is 0 Å². The Morgan fingerprint density at radius 2 is 2.00 bits per heavy atom. The highest BCUT2D eigenvalue weighted by Crippen LogP contribution is 2.34. The zero-order valence-electron chi connectivity index (χ0n) is 3.87. The summed E-state index contributed by atoms with van der Waals surface area (Å²) < 4.78 is 3.49. The lowest BCUT2D eigenvalue weighted by Crippen LogP contribution is -1.83. The van der Waals surface area contributed by atoms with Gasteiger partial charge in [-0.1, -0.05) is 34.7 Å². The van der Waals surface area contributed by atoms with Crippen LogP contribution in [-0.4, -0.2) is 3.92 Å². The van der Waals surface area contributed by atoms with Crippen molar-refractivity contribution in [2.75, 3.05) is 0 Å². The van der Waals surface area contributed by atoms with Crippen LogP contribution < -0.4 is 0 Å². The van der Waals surface area contributed by atoms with E-state index in [2.05, 4.69) is 79.9 Å². The van der Waals surface area contributed by atoms with Crippen LogP contribution in [0.25, 0.3) is 0 Å². The van der Waals surface area contributed by atoms with Gasteiger partial charge in [0.25, 0.3) is 0 Å². The van der Waals surface area contributed by atoms with Crippen molar-refractivity contribution in [3.8, 4) is 0 Å². The van der Waals surface area contributed by atoms with Crippen LogP contribution >= 0.6 is 67.8 Å². The molecule has 0 aromatic rings. The molecular weight excluding hydrogens is 441 g/mol. The van der Waals surface area contributed by atoms with Gasteiger partial charge in [0.15, 0.2) is 0 Å². The van der Waals surface area contributed by atoms with Crippen LogP contribution in [0.1, 0.15) is 0 Å². The van der Waals surface area contributed by atoms with E-state index in [0.717, 1.165) is 0 Å². The second-order valence-electron chi connectivity index (χ2n) is 1.46. The molecule has 0 aromatic heterocycles. The molecule has 0 spiro atoms. The van der Waals surface area contributed by atoms with E-state index in [4.69, 9.17) is 0 Å². The third-order valence-electron chi connectivity index (χ3n) is 0.882. The third-order valence-corrected chi connectivity index (χ3v) is 6.34. The van der Waals surface area contributed by atoms with E-state index >= 15 is 0 Å². The van der Waals surface area contributed by atoms with Gasteiger partial charge in [0.2, 0.25) is 0 Å². The quantitative estimate of drug-likeness (QED) is 0.397. The van der Waals surface area contributed by atoms with Crippen molar-refractivity contribution in [2.45, 2.75) is 3.92 Å². The summed E-state index contributed by atoms with van der Waals surface area (Å²) in [5, 5.41) is 0. The van der Waals surface area contributed by atoms with Gasteiger partial charge in [-0.25, -0.2) is 0 Å². The fourth-order valence-corrected chi connectivity index (χ4v) is 2.53. The summed E-state index contributed by atoms with van der Waals surface area (Å²) in [6, 6.07) is 0. The smallest absolute Gasteiger partial charge is 0.0610 e. The van der Waals surface area contributed by atoms with Crippen molar-refractivity contribution >= 4 is 67.8 Å². The molecule has 1 atom stereocenters. The Morgan fingerprint density at radius 1 is 1.38 bits per heavy atom. The molecule has 0 heterocycles. The summed E-state index contributed by atoms with van der Waals surface area (Å²) >= 11 is 7.16. The van der Waals surface area contributed by atoms with E-state index in [1.165, 1.54) is 7.16 Å². The first-order valence-corrected chi connectivity index (χ1v) is 5.49. The molecule has 3 heteroatoms. The van der Waals surface area contributed by atoms with Crippen LogP contribution in [0.3, 0.4) is 0 Å². The van der Waals surface area contributed by atoms with E-state index in [-0.39, 0.29) is 0 Å². The first-order valence-electron chi connectivity index (χ1n) is 2.09. The average Bonchev–Trinajstić information content (AvgIpc) is 1.98. The van der Waals surface area contributed by atoms with Crippen molar-refractivity contribution < 1.29 is 0 Å². The Hall–Kier alpha value is 1.67. The monoisotopic (exact) mass is 444 g/mol. The van der Waals surface area contributed by atoms with Crippen molar-refractivity contribution in [1.82, 2.24) is 0 Å². The topological polar surface area (TPSA) is 0 Å². The first-order chi connectivity index (χ1) is 3.72. The molecule has 0 aromatic carbocycles. The van der Waals surface area contributed by atoms with Crippen molar-refractivity contribution in [1.29, 1.82) is 0 Å². The van der Waals surface area contributed by atoms with Gasteiger partial charge in [-0.3, -0.25) is 0 Å². The molecule has 0 aliphatic heterocycles. The molecule has 44 valence electrons. The van der Waals surface area contributed by atoms with E-state index < -0.39 is 0 Å². The van der Waals surface area contributed by atoms with Crippen molar-refractivity contribution in [2.24, 2.45) is 0 Å². The standard InChI is InChI=1S/C5H3I3/c6-3-1-2-4(7)5(3)8/h1-3H. The number of rotatable bonds is 0. The molecule has 1 rings (SSSR count). The minimum atomic E-state index is 0.639. The number of hydrogen-bond acceptors (Lipinski definition) is 0. The highest BCUT2D eigenvalue weighted by Gasteiger charge is 2.11. The highest BCUT2D eigenvalue weighted by atomic mass is 127. The predicted molar refractivity (Wildman–Crippen MR) is 62.0 cm³/mol. The molecule has 1 aliphatic rings. The number of hydrogen-bond donors (Lipinski definition) is 0. The van der Waals surface area contributed by atoms with Gasteiger partial charge in [0.05, 0.1) is 3.92 Å². The lowest BCUT2D eigenvalue weighted by Gasteiger charge is -1.94. The largest absolute Gasteiger partial charge is 0.0723 e. The summed E-state index contributed by atoms with van der Waals surface area (Å²) in [4.78, 5) is 0. The molecule has 1 unspecified atom stereocenters. The van der Waals surface area contributed by atoms with Crippen molar-refractivity contribution in [3.63, 3.8) is 0 Å². The summed E-state index contributed by atoms with van der Waals surface area (Å²) in [5.74, 6) is 0. The predicted octanol–water partition coefficient (Wildman–Crippen LogP) is 3.44. The number of alkyl halides is 1. The molecule has 0 saturated carbocycles. The van der Waals surface area contributed by atoms with E-state index in [9.17, 15) is 0 Å². The second-order valence-corrected chi connectivity index (χ2v) is 5.12. The Kier molecular flexibility index (Phi) is 3.09. The molecule has 0 amide bonds. The first kappa shape index (κ1) is 7.77. The van der Waals surface area contributed by atoms with Gasteiger partial charge >= 0.3 is 0 Å². The van der Waals surface area contributed by atoms with Crippen molar-refractivity contribution in [3.05, 3.63) is 19.3 Å². The lowest BCUT2D eigenvalue weighted by molar-refractivity contribution is 1.53.